The van der Waals surface area contributed by atoms with Gasteiger partial charge in [-0.15, -0.1) is 0 Å². The van der Waals surface area contributed by atoms with Gasteiger partial charge in [-0.2, -0.15) is 0 Å². The van der Waals surface area contributed by atoms with Crippen LogP contribution in [0.25, 0.3) is 0 Å². The number of carbonyl (C=O) groups is 2. The number of halogens is 1. The fourth-order valence-corrected chi connectivity index (χ4v) is 2.83. The fourth-order valence-electron chi connectivity index (χ4n) is 2.83. The Morgan fingerprint density at radius 3 is 2.40 bits per heavy atom. The maximum atomic E-state index is 13.5. The van der Waals surface area contributed by atoms with Gasteiger partial charge in [0.2, 0.25) is 0 Å². The van der Waals surface area contributed by atoms with Crippen molar-refractivity contribution >= 4 is 11.8 Å². The van der Waals surface area contributed by atoms with Gasteiger partial charge in [-0.25, -0.2) is 9.18 Å². The summed E-state index contributed by atoms with van der Waals surface area (Å²) >= 11 is 0. The molecular formula is C23H27FO6. The van der Waals surface area contributed by atoms with E-state index in [0.29, 0.717) is 17.7 Å². The Kier molecular flexibility index (Phi) is 7.08. The summed E-state index contributed by atoms with van der Waals surface area (Å²) in [6, 6.07) is 6.64. The number of benzene rings is 2. The van der Waals surface area contributed by atoms with Crippen LogP contribution in [0.5, 0.6) is 17.2 Å². The first-order valence-electron chi connectivity index (χ1n) is 9.57. The zero-order chi connectivity index (χ0) is 22.6. The summed E-state index contributed by atoms with van der Waals surface area (Å²) in [5, 5.41) is 19.4. The average molecular weight is 418 g/mol. The molecule has 0 aliphatic heterocycles. The van der Waals surface area contributed by atoms with Crippen molar-refractivity contribution in [3.63, 3.8) is 0 Å². The predicted molar refractivity (Wildman–Crippen MR) is 110 cm³/mol. The van der Waals surface area contributed by atoms with Crippen LogP contribution in [-0.4, -0.2) is 34.7 Å². The quantitative estimate of drug-likeness (QED) is 0.586. The van der Waals surface area contributed by atoms with E-state index in [9.17, 15) is 19.1 Å². The topological polar surface area (TPSA) is 93.1 Å². The highest BCUT2D eigenvalue weighted by Crippen LogP contribution is 2.33. The fraction of sp³-hybridized carbons (Fsp3) is 0.391. The van der Waals surface area contributed by atoms with E-state index in [-0.39, 0.29) is 34.9 Å². The first-order chi connectivity index (χ1) is 13.9. The lowest BCUT2D eigenvalue weighted by atomic mass is 9.87. The van der Waals surface area contributed by atoms with Crippen molar-refractivity contribution in [2.75, 3.05) is 6.61 Å². The number of ketones is 1. The summed E-state index contributed by atoms with van der Waals surface area (Å²) in [5.74, 6) is -1.87. The van der Waals surface area contributed by atoms with Crippen LogP contribution in [0, 0.1) is 18.2 Å². The minimum Gasteiger partial charge on any atom is -0.507 e. The van der Waals surface area contributed by atoms with Crippen LogP contribution in [0.2, 0.25) is 0 Å². The summed E-state index contributed by atoms with van der Waals surface area (Å²) in [5.41, 5.74) is 0.0272. The van der Waals surface area contributed by atoms with Crippen molar-refractivity contribution in [2.24, 2.45) is 5.41 Å². The van der Waals surface area contributed by atoms with Gasteiger partial charge in [0.1, 0.15) is 35.8 Å². The second-order valence-corrected chi connectivity index (χ2v) is 8.43. The van der Waals surface area contributed by atoms with E-state index >= 15 is 0 Å². The van der Waals surface area contributed by atoms with Gasteiger partial charge in [-0.3, -0.25) is 4.79 Å². The lowest BCUT2D eigenvalue weighted by Gasteiger charge is -2.20. The molecule has 0 fully saturated rings. The molecule has 30 heavy (non-hydrogen) atoms. The molecule has 0 aliphatic rings. The molecule has 2 N–H and O–H groups in total. The molecule has 0 aromatic heterocycles. The number of hydrogen-bond donors (Lipinski definition) is 2. The highest BCUT2D eigenvalue weighted by Gasteiger charge is 2.22. The molecule has 0 unspecified atom stereocenters. The van der Waals surface area contributed by atoms with E-state index in [2.05, 4.69) is 0 Å². The lowest BCUT2D eigenvalue weighted by molar-refractivity contribution is 0.0690. The van der Waals surface area contributed by atoms with E-state index in [1.807, 2.05) is 20.8 Å². The molecule has 0 saturated carbocycles. The number of aromatic hydroxyl groups is 1. The average Bonchev–Trinajstić information content (AvgIpc) is 2.63. The zero-order valence-electron chi connectivity index (χ0n) is 17.8. The van der Waals surface area contributed by atoms with E-state index in [1.54, 1.807) is 26.0 Å². The van der Waals surface area contributed by atoms with Gasteiger partial charge in [-0.05, 0) is 49.6 Å². The molecule has 2 aromatic carbocycles. The number of carboxylic acid groups (broad SMARTS) is 1. The third kappa shape index (κ3) is 5.95. The third-order valence-electron chi connectivity index (χ3n) is 4.35. The van der Waals surface area contributed by atoms with Crippen molar-refractivity contribution in [3.8, 4) is 17.2 Å². The van der Waals surface area contributed by atoms with Gasteiger partial charge >= 0.3 is 5.97 Å². The molecule has 0 bridgehead atoms. The smallest absolute Gasteiger partial charge is 0.338 e. The zero-order valence-corrected chi connectivity index (χ0v) is 17.8. The van der Waals surface area contributed by atoms with Crippen molar-refractivity contribution in [1.29, 1.82) is 0 Å². The van der Waals surface area contributed by atoms with Gasteiger partial charge in [0.05, 0.1) is 11.1 Å². The third-order valence-corrected chi connectivity index (χ3v) is 4.35. The molecule has 0 radical (unpaired) electrons. The van der Waals surface area contributed by atoms with E-state index in [1.165, 1.54) is 6.07 Å². The van der Waals surface area contributed by atoms with Crippen LogP contribution >= 0.6 is 0 Å². The molecule has 2 aromatic rings. The number of Topliss-reactive ketones (excluding diaryl/α,β-unsaturated/α-hetero) is 1. The Balaban J connectivity index is 2.06. The van der Waals surface area contributed by atoms with Crippen LogP contribution in [0.15, 0.2) is 30.3 Å². The van der Waals surface area contributed by atoms with Crippen LogP contribution < -0.4 is 9.47 Å². The number of hydrogen-bond acceptors (Lipinski definition) is 5. The monoisotopic (exact) mass is 418 g/mol. The molecule has 162 valence electrons. The number of aromatic carboxylic acids is 1. The first kappa shape index (κ1) is 23.2. The maximum absolute atomic E-state index is 13.5. The van der Waals surface area contributed by atoms with Gasteiger partial charge in [0.15, 0.2) is 5.78 Å². The molecule has 0 spiro atoms. The van der Waals surface area contributed by atoms with Crippen molar-refractivity contribution in [2.45, 2.75) is 47.1 Å². The largest absolute Gasteiger partial charge is 0.507 e. The molecule has 2 rings (SSSR count). The highest BCUT2D eigenvalue weighted by molar-refractivity contribution is 5.99. The Morgan fingerprint density at radius 1 is 1.13 bits per heavy atom. The summed E-state index contributed by atoms with van der Waals surface area (Å²) in [7, 11) is 0. The summed E-state index contributed by atoms with van der Waals surface area (Å²) in [6.45, 7) is 9.31. The van der Waals surface area contributed by atoms with Crippen LogP contribution in [-0.2, 0) is 0 Å². The highest BCUT2D eigenvalue weighted by atomic mass is 19.1. The van der Waals surface area contributed by atoms with Gasteiger partial charge in [0.25, 0.3) is 0 Å². The minimum atomic E-state index is -1.38. The van der Waals surface area contributed by atoms with Gasteiger partial charge in [-0.1, -0.05) is 20.8 Å². The predicted octanol–water partition coefficient (Wildman–Crippen LogP) is 5.00. The van der Waals surface area contributed by atoms with Crippen molar-refractivity contribution in [1.82, 2.24) is 0 Å². The molecule has 7 heteroatoms. The number of carboxylic acids is 1. The number of ether oxygens (including phenoxy) is 2. The Bertz CT molecular complexity index is 945. The SMILES string of the molecule is Cc1c(O[C@@H](C)COc2ccc(F)c(C(=O)O)c2)ccc(C(=O)CC(C)(C)C)c1O. The number of carbonyl (C=O) groups excluding carboxylic acids is 1. The minimum absolute atomic E-state index is 0.0651. The summed E-state index contributed by atoms with van der Waals surface area (Å²) < 4.78 is 24.8. The standard InChI is InChI=1S/C23H27FO6/c1-13(12-29-15-6-8-18(24)17(10-15)22(27)28)30-20-9-7-16(21(26)14(20)2)19(25)11-23(3,4)5/h6-10,13,26H,11-12H2,1-5H3,(H,27,28)/t13-/m0/s1. The molecule has 0 heterocycles. The van der Waals surface area contributed by atoms with Crippen LogP contribution in [0.3, 0.4) is 0 Å². The van der Waals surface area contributed by atoms with Gasteiger partial charge in [0, 0.05) is 12.0 Å². The molecule has 0 amide bonds. The molecular weight excluding hydrogens is 391 g/mol. The Hall–Kier alpha value is -3.09. The van der Waals surface area contributed by atoms with E-state index in [0.717, 1.165) is 12.1 Å². The lowest BCUT2D eigenvalue weighted by Crippen LogP contribution is -2.22. The number of phenolic OH excluding ortho intramolecular Hbond substituents is 1. The van der Waals surface area contributed by atoms with Crippen LogP contribution in [0.1, 0.15) is 60.4 Å². The molecule has 1 atom stereocenters. The second-order valence-electron chi connectivity index (χ2n) is 8.43. The number of phenols is 1. The normalized spacial score (nSPS) is 12.3. The molecule has 6 nitrogen and oxygen atoms in total. The second kappa shape index (κ2) is 9.15. The Morgan fingerprint density at radius 2 is 1.80 bits per heavy atom. The van der Waals surface area contributed by atoms with Crippen LogP contribution in [0.4, 0.5) is 4.39 Å². The van der Waals surface area contributed by atoms with Gasteiger partial charge < -0.3 is 19.7 Å². The number of rotatable bonds is 8. The molecule has 0 aliphatic carbocycles. The van der Waals surface area contributed by atoms with Crippen molar-refractivity contribution in [3.05, 3.63) is 52.8 Å². The van der Waals surface area contributed by atoms with E-state index < -0.39 is 23.5 Å². The summed E-state index contributed by atoms with van der Waals surface area (Å²) in [4.78, 5) is 23.4. The van der Waals surface area contributed by atoms with E-state index in [4.69, 9.17) is 14.6 Å². The molecule has 0 saturated heterocycles. The van der Waals surface area contributed by atoms with Crippen molar-refractivity contribution < 1.29 is 33.7 Å². The maximum Gasteiger partial charge on any atom is 0.338 e. The first-order valence-corrected chi connectivity index (χ1v) is 9.57. The Labute approximate surface area is 175 Å². The summed E-state index contributed by atoms with van der Waals surface area (Å²) in [6.07, 6.45) is -0.155.